The van der Waals surface area contributed by atoms with Crippen LogP contribution in [-0.4, -0.2) is 66.7 Å². The summed E-state index contributed by atoms with van der Waals surface area (Å²) in [7, 11) is 1.71. The molecular formula is C25H33F3N8O. The molecule has 1 aromatic carbocycles. The Balaban J connectivity index is 1.29. The predicted octanol–water partition coefficient (Wildman–Crippen LogP) is 4.44. The second-order valence-electron chi connectivity index (χ2n) is 9.44. The number of unbranched alkanes of at least 4 members (excludes halogenated alkanes) is 1. The molecule has 0 aliphatic rings. The Labute approximate surface area is 213 Å². The number of hydrogen-bond acceptors (Lipinski definition) is 7. The fourth-order valence-electron chi connectivity index (χ4n) is 4.49. The summed E-state index contributed by atoms with van der Waals surface area (Å²) in [5.74, 6) is 0.941. The molecule has 4 aromatic rings. The van der Waals surface area contributed by atoms with E-state index >= 15 is 0 Å². The minimum Gasteiger partial charge on any atom is -0.382 e. The number of benzene rings is 1. The summed E-state index contributed by atoms with van der Waals surface area (Å²) in [4.78, 5) is 22.2. The maximum Gasteiger partial charge on any atom is 0.418 e. The summed E-state index contributed by atoms with van der Waals surface area (Å²) in [6.45, 7) is 6.59. The molecule has 3 heterocycles. The monoisotopic (exact) mass is 518 g/mol. The molecule has 0 amide bonds. The Morgan fingerprint density at radius 2 is 1.95 bits per heavy atom. The summed E-state index contributed by atoms with van der Waals surface area (Å²) >= 11 is 0. The Kier molecular flexibility index (Phi) is 8.28. The first-order chi connectivity index (χ1) is 17.7. The van der Waals surface area contributed by atoms with Crippen LogP contribution in [0.3, 0.4) is 0 Å². The van der Waals surface area contributed by atoms with Gasteiger partial charge in [0.2, 0.25) is 0 Å². The van der Waals surface area contributed by atoms with E-state index in [4.69, 9.17) is 10.5 Å². The molecule has 0 aliphatic heterocycles. The van der Waals surface area contributed by atoms with Crippen LogP contribution < -0.4 is 5.73 Å². The minimum atomic E-state index is -4.42. The van der Waals surface area contributed by atoms with E-state index in [2.05, 4.69) is 43.7 Å². The van der Waals surface area contributed by atoms with Crippen molar-refractivity contribution >= 4 is 28.0 Å². The van der Waals surface area contributed by atoms with Crippen molar-refractivity contribution in [2.24, 2.45) is 0 Å². The van der Waals surface area contributed by atoms with Crippen LogP contribution in [0.1, 0.15) is 44.5 Å². The number of nitrogens with one attached hydrogen (secondary N) is 1. The number of fused-ring (bicyclic) bond motifs is 2. The molecule has 0 aliphatic carbocycles. The molecule has 0 bridgehead atoms. The lowest BCUT2D eigenvalue weighted by atomic mass is 10.1. The number of para-hydroxylation sites is 1. The smallest absolute Gasteiger partial charge is 0.382 e. The second-order valence-corrected chi connectivity index (χ2v) is 9.44. The Hall–Kier alpha value is -3.25. The van der Waals surface area contributed by atoms with Crippen LogP contribution >= 0.6 is 0 Å². The Morgan fingerprint density at radius 3 is 2.68 bits per heavy atom. The van der Waals surface area contributed by atoms with Gasteiger partial charge < -0.3 is 20.0 Å². The van der Waals surface area contributed by atoms with Crippen molar-refractivity contribution < 1.29 is 17.9 Å². The number of methoxy groups -OCH3 is 1. The maximum atomic E-state index is 13.3. The van der Waals surface area contributed by atoms with E-state index in [0.717, 1.165) is 38.4 Å². The zero-order chi connectivity index (χ0) is 26.6. The molecule has 4 rings (SSSR count). The molecule has 200 valence electrons. The van der Waals surface area contributed by atoms with E-state index in [1.54, 1.807) is 19.5 Å². The van der Waals surface area contributed by atoms with Crippen LogP contribution in [0.4, 0.5) is 19.0 Å². The number of nitrogens with two attached hydrogens (primary N) is 1. The van der Waals surface area contributed by atoms with E-state index in [1.807, 2.05) is 4.57 Å². The molecule has 0 spiro atoms. The fraction of sp³-hybridized carbons (Fsp3) is 0.520. The van der Waals surface area contributed by atoms with Crippen molar-refractivity contribution in [1.29, 1.82) is 0 Å². The molecule has 9 nitrogen and oxygen atoms in total. The summed E-state index contributed by atoms with van der Waals surface area (Å²) in [5.41, 5.74) is 6.87. The first-order valence-electron chi connectivity index (χ1n) is 12.4. The number of nitrogens with zero attached hydrogens (tertiary/aromatic N) is 6. The number of aryl methyl sites for hydroxylation is 2. The van der Waals surface area contributed by atoms with Gasteiger partial charge in [0, 0.05) is 32.7 Å². The zero-order valence-electron chi connectivity index (χ0n) is 21.3. The number of imidazole rings is 2. The quantitative estimate of drug-likeness (QED) is 0.267. The Morgan fingerprint density at radius 1 is 1.14 bits per heavy atom. The number of anilines is 1. The number of halogens is 3. The third-order valence-electron chi connectivity index (χ3n) is 6.60. The second kappa shape index (κ2) is 11.4. The van der Waals surface area contributed by atoms with Gasteiger partial charge in [-0.15, -0.1) is 0 Å². The van der Waals surface area contributed by atoms with Gasteiger partial charge in [-0.3, -0.25) is 4.90 Å². The first-order valence-corrected chi connectivity index (χ1v) is 12.4. The lowest BCUT2D eigenvalue weighted by Gasteiger charge is -2.30. The van der Waals surface area contributed by atoms with Crippen LogP contribution in [0.25, 0.3) is 22.2 Å². The average Bonchev–Trinajstić information content (AvgIpc) is 3.46. The molecule has 1 unspecified atom stereocenters. The van der Waals surface area contributed by atoms with Gasteiger partial charge in [0.05, 0.1) is 23.5 Å². The molecule has 37 heavy (non-hydrogen) atoms. The van der Waals surface area contributed by atoms with Crippen LogP contribution in [0.5, 0.6) is 0 Å². The highest BCUT2D eigenvalue weighted by molar-refractivity contribution is 5.81. The molecule has 0 saturated carbocycles. The summed E-state index contributed by atoms with van der Waals surface area (Å²) in [6.07, 6.45) is 1.80. The molecule has 0 radical (unpaired) electrons. The van der Waals surface area contributed by atoms with Gasteiger partial charge in [-0.05, 0) is 51.8 Å². The van der Waals surface area contributed by atoms with Gasteiger partial charge in [-0.2, -0.15) is 13.2 Å². The van der Waals surface area contributed by atoms with Crippen molar-refractivity contribution in [3.8, 4) is 0 Å². The van der Waals surface area contributed by atoms with E-state index in [1.165, 1.54) is 12.4 Å². The van der Waals surface area contributed by atoms with Gasteiger partial charge in [0.1, 0.15) is 23.2 Å². The number of rotatable bonds is 12. The van der Waals surface area contributed by atoms with Crippen LogP contribution in [-0.2, 0) is 23.9 Å². The minimum absolute atomic E-state index is 0.00944. The lowest BCUT2D eigenvalue weighted by molar-refractivity contribution is -0.136. The standard InChI is InChI=1S/C25H33F3N8O/c1-16(2)35(13-17(37-3)10-12-36-15-32-22-23(29)30-14-31-24(22)36)11-5-4-9-20-33-19-8-6-7-18(21(19)34-20)25(26,27)28/h6-8,14-17H,4-5,9-13H2,1-3H3,(H,33,34)(H2,29,30,31). The number of nitrogen functional groups attached to an aromatic ring is 1. The topological polar surface area (TPSA) is 111 Å². The van der Waals surface area contributed by atoms with Crippen LogP contribution in [0.2, 0.25) is 0 Å². The van der Waals surface area contributed by atoms with Gasteiger partial charge >= 0.3 is 6.18 Å². The fourth-order valence-corrected chi connectivity index (χ4v) is 4.49. The highest BCUT2D eigenvalue weighted by Crippen LogP contribution is 2.33. The van der Waals surface area contributed by atoms with E-state index < -0.39 is 11.7 Å². The van der Waals surface area contributed by atoms with Crippen molar-refractivity contribution in [3.63, 3.8) is 0 Å². The van der Waals surface area contributed by atoms with Crippen molar-refractivity contribution in [2.45, 2.75) is 64.4 Å². The molecule has 3 aromatic heterocycles. The first kappa shape index (κ1) is 26.8. The van der Waals surface area contributed by atoms with E-state index in [-0.39, 0.29) is 11.6 Å². The number of aromatic amines is 1. The molecular weight excluding hydrogens is 485 g/mol. The molecule has 0 fully saturated rings. The van der Waals surface area contributed by atoms with Crippen molar-refractivity contribution in [1.82, 2.24) is 34.4 Å². The van der Waals surface area contributed by atoms with E-state index in [9.17, 15) is 13.2 Å². The molecule has 3 N–H and O–H groups in total. The average molecular weight is 519 g/mol. The third-order valence-corrected chi connectivity index (χ3v) is 6.60. The summed E-state index contributed by atoms with van der Waals surface area (Å²) in [6, 6.07) is 4.41. The number of ether oxygens (including phenoxy) is 1. The van der Waals surface area contributed by atoms with Gasteiger partial charge in [0.25, 0.3) is 0 Å². The highest BCUT2D eigenvalue weighted by Gasteiger charge is 2.33. The number of H-pyrrole nitrogens is 1. The largest absolute Gasteiger partial charge is 0.418 e. The molecule has 1 atom stereocenters. The summed E-state index contributed by atoms with van der Waals surface area (Å²) in [5, 5.41) is 0. The molecule has 12 heteroatoms. The van der Waals surface area contributed by atoms with Gasteiger partial charge in [0.15, 0.2) is 11.5 Å². The van der Waals surface area contributed by atoms with E-state index in [0.29, 0.717) is 47.3 Å². The number of aromatic nitrogens is 6. The number of alkyl halides is 3. The maximum absolute atomic E-state index is 13.3. The van der Waals surface area contributed by atoms with Crippen LogP contribution in [0.15, 0.2) is 30.9 Å². The van der Waals surface area contributed by atoms with Gasteiger partial charge in [-0.1, -0.05) is 6.07 Å². The van der Waals surface area contributed by atoms with Crippen LogP contribution in [0, 0.1) is 0 Å². The SMILES string of the molecule is COC(CCn1cnc2c(N)ncnc21)CN(CCCCc1nc2c(C(F)(F)F)cccc2[nH]1)C(C)C. The predicted molar refractivity (Wildman–Crippen MR) is 136 cm³/mol. The third kappa shape index (κ3) is 6.37. The van der Waals surface area contributed by atoms with Gasteiger partial charge in [-0.25, -0.2) is 19.9 Å². The normalized spacial score (nSPS) is 13.4. The van der Waals surface area contributed by atoms with Crippen molar-refractivity contribution in [2.75, 3.05) is 25.9 Å². The highest BCUT2D eigenvalue weighted by atomic mass is 19.4. The van der Waals surface area contributed by atoms with Crippen molar-refractivity contribution in [3.05, 3.63) is 42.2 Å². The summed E-state index contributed by atoms with van der Waals surface area (Å²) < 4.78 is 47.5. The number of hydrogen-bond donors (Lipinski definition) is 2. The molecule has 0 saturated heterocycles. The lowest BCUT2D eigenvalue weighted by Crippen LogP contribution is -2.39. The Bertz CT molecular complexity index is 1320. The zero-order valence-corrected chi connectivity index (χ0v) is 21.3.